The zero-order valence-corrected chi connectivity index (χ0v) is 21.6. The third kappa shape index (κ3) is 5.56. The molecular weight excluding hydrogens is 592 g/mol. The van der Waals surface area contributed by atoms with Gasteiger partial charge in [0, 0.05) is 9.13 Å². The van der Waals surface area contributed by atoms with Crippen LogP contribution < -0.4 is 9.47 Å². The van der Waals surface area contributed by atoms with Crippen molar-refractivity contribution in [1.82, 2.24) is 4.90 Å². The molecule has 4 rings (SSSR count). The summed E-state index contributed by atoms with van der Waals surface area (Å²) in [6, 6.07) is 17.2. The lowest BCUT2D eigenvalue weighted by molar-refractivity contribution is -0.123. The number of carbonyl (C=O) groups excluding carboxylic acids is 2. The van der Waals surface area contributed by atoms with Crippen LogP contribution in [0.4, 0.5) is 9.18 Å². The maximum Gasteiger partial charge on any atom is 0.293 e. The number of thioether (sulfide) groups is 1. The molecule has 34 heavy (non-hydrogen) atoms. The van der Waals surface area contributed by atoms with Gasteiger partial charge in [0.2, 0.25) is 0 Å². The molecule has 1 aliphatic rings. The van der Waals surface area contributed by atoms with Crippen molar-refractivity contribution in [2.75, 3.05) is 7.11 Å². The number of nitrogens with zero attached hydrogens (tertiary/aromatic N) is 1. The van der Waals surface area contributed by atoms with Crippen molar-refractivity contribution < 1.29 is 23.5 Å². The van der Waals surface area contributed by atoms with Gasteiger partial charge < -0.3 is 9.47 Å². The molecule has 0 N–H and O–H groups in total. The van der Waals surface area contributed by atoms with Crippen molar-refractivity contribution in [2.45, 2.75) is 13.2 Å². The van der Waals surface area contributed by atoms with Gasteiger partial charge in [0.05, 0.1) is 23.6 Å². The van der Waals surface area contributed by atoms with E-state index in [1.807, 2.05) is 24.3 Å². The van der Waals surface area contributed by atoms with E-state index in [-0.39, 0.29) is 34.9 Å². The SMILES string of the molecule is COc1cc(/C=C2\SC(=O)N(Cc3ccc(I)cc3)C2=O)ccc1OCc1c(F)cccc1Cl. The number of carbonyl (C=O) groups is 2. The van der Waals surface area contributed by atoms with Crippen LogP contribution in [0.3, 0.4) is 0 Å². The molecule has 0 unspecified atom stereocenters. The number of hydrogen-bond acceptors (Lipinski definition) is 5. The minimum absolute atomic E-state index is 0.0708. The molecule has 0 atom stereocenters. The van der Waals surface area contributed by atoms with E-state index in [4.69, 9.17) is 21.1 Å². The summed E-state index contributed by atoms with van der Waals surface area (Å²) in [6.07, 6.45) is 1.64. The van der Waals surface area contributed by atoms with Crippen LogP contribution in [0, 0.1) is 9.39 Å². The fourth-order valence-corrected chi connectivity index (χ4v) is 4.69. The molecule has 2 amide bonds. The topological polar surface area (TPSA) is 55.8 Å². The molecule has 0 bridgehead atoms. The highest BCUT2D eigenvalue weighted by Crippen LogP contribution is 2.36. The molecule has 0 saturated carbocycles. The fourth-order valence-electron chi connectivity index (χ4n) is 3.27. The van der Waals surface area contributed by atoms with E-state index >= 15 is 0 Å². The van der Waals surface area contributed by atoms with Crippen LogP contribution in [-0.4, -0.2) is 23.2 Å². The predicted octanol–water partition coefficient (Wildman–Crippen LogP) is 6.91. The summed E-state index contributed by atoms with van der Waals surface area (Å²) in [7, 11) is 1.48. The van der Waals surface area contributed by atoms with Gasteiger partial charge in [0.25, 0.3) is 11.1 Å². The Labute approximate surface area is 219 Å². The van der Waals surface area contributed by atoms with Crippen LogP contribution >= 0.6 is 46.0 Å². The van der Waals surface area contributed by atoms with Gasteiger partial charge in [-0.3, -0.25) is 14.5 Å². The molecule has 0 spiro atoms. The van der Waals surface area contributed by atoms with Gasteiger partial charge in [0.15, 0.2) is 11.5 Å². The molecule has 174 valence electrons. The summed E-state index contributed by atoms with van der Waals surface area (Å²) in [6.45, 7) is 0.145. The zero-order chi connectivity index (χ0) is 24.2. The van der Waals surface area contributed by atoms with Crippen LogP contribution in [0.15, 0.2) is 65.6 Å². The number of halogens is 3. The van der Waals surface area contributed by atoms with Crippen molar-refractivity contribution in [3.05, 3.63) is 96.7 Å². The number of amides is 2. The van der Waals surface area contributed by atoms with Crippen molar-refractivity contribution >= 4 is 63.2 Å². The second kappa shape index (κ2) is 10.8. The van der Waals surface area contributed by atoms with Gasteiger partial charge in [-0.25, -0.2) is 4.39 Å². The number of imide groups is 1. The van der Waals surface area contributed by atoms with E-state index in [1.165, 1.54) is 24.1 Å². The normalized spacial score (nSPS) is 14.7. The maximum atomic E-state index is 14.0. The first kappa shape index (κ1) is 24.6. The number of methoxy groups -OCH3 is 1. The van der Waals surface area contributed by atoms with E-state index in [0.29, 0.717) is 22.0 Å². The minimum Gasteiger partial charge on any atom is -0.493 e. The molecule has 1 saturated heterocycles. The molecule has 1 heterocycles. The largest absolute Gasteiger partial charge is 0.493 e. The van der Waals surface area contributed by atoms with E-state index in [0.717, 1.165) is 20.9 Å². The molecule has 0 aliphatic carbocycles. The van der Waals surface area contributed by atoms with Gasteiger partial charge in [-0.15, -0.1) is 0 Å². The summed E-state index contributed by atoms with van der Waals surface area (Å²) in [5.41, 5.74) is 1.78. The molecule has 0 aromatic heterocycles. The average molecular weight is 610 g/mol. The molecule has 1 aliphatic heterocycles. The first-order chi connectivity index (χ1) is 16.4. The summed E-state index contributed by atoms with van der Waals surface area (Å²) >= 11 is 9.16. The third-order valence-electron chi connectivity index (χ3n) is 5.05. The number of ether oxygens (including phenoxy) is 2. The Hall–Kier alpha value is -2.56. The molecule has 0 radical (unpaired) electrons. The predicted molar refractivity (Wildman–Crippen MR) is 139 cm³/mol. The van der Waals surface area contributed by atoms with Gasteiger partial charge in [-0.1, -0.05) is 35.9 Å². The molecule has 3 aromatic rings. The standard InChI is InChI=1S/C25H18ClFINO4S/c1-32-22-11-16(7-10-21(22)33-14-18-19(26)3-2-4-20(18)27)12-23-24(30)29(25(31)34-23)13-15-5-8-17(28)9-6-15/h2-12H,13-14H2,1H3/b23-12-. The van der Waals surface area contributed by atoms with Gasteiger partial charge in [-0.05, 0) is 88.0 Å². The Balaban J connectivity index is 1.50. The zero-order valence-electron chi connectivity index (χ0n) is 17.9. The van der Waals surface area contributed by atoms with Crippen LogP contribution in [0.25, 0.3) is 6.08 Å². The van der Waals surface area contributed by atoms with E-state index in [9.17, 15) is 14.0 Å². The van der Waals surface area contributed by atoms with Crippen LogP contribution in [0.1, 0.15) is 16.7 Å². The van der Waals surface area contributed by atoms with Gasteiger partial charge in [0.1, 0.15) is 12.4 Å². The Morgan fingerprint density at radius 3 is 2.56 bits per heavy atom. The van der Waals surface area contributed by atoms with Crippen molar-refractivity contribution in [2.24, 2.45) is 0 Å². The summed E-state index contributed by atoms with van der Waals surface area (Å²) < 4.78 is 26.2. The summed E-state index contributed by atoms with van der Waals surface area (Å²) in [5, 5.41) is -0.0416. The Kier molecular flexibility index (Phi) is 7.80. The lowest BCUT2D eigenvalue weighted by atomic mass is 10.1. The lowest BCUT2D eigenvalue weighted by Crippen LogP contribution is -2.27. The quantitative estimate of drug-likeness (QED) is 0.215. The van der Waals surface area contributed by atoms with Crippen LogP contribution in [0.5, 0.6) is 11.5 Å². The van der Waals surface area contributed by atoms with E-state index < -0.39 is 5.82 Å². The number of benzene rings is 3. The Morgan fingerprint density at radius 1 is 1.09 bits per heavy atom. The first-order valence-electron chi connectivity index (χ1n) is 10.1. The highest BCUT2D eigenvalue weighted by atomic mass is 127. The molecule has 1 fully saturated rings. The average Bonchev–Trinajstić information content (AvgIpc) is 3.08. The Morgan fingerprint density at radius 2 is 1.85 bits per heavy atom. The van der Waals surface area contributed by atoms with Crippen LogP contribution in [-0.2, 0) is 17.9 Å². The van der Waals surface area contributed by atoms with Crippen molar-refractivity contribution in [3.8, 4) is 11.5 Å². The highest BCUT2D eigenvalue weighted by molar-refractivity contribution is 14.1. The number of hydrogen-bond donors (Lipinski definition) is 0. The fraction of sp³-hybridized carbons (Fsp3) is 0.120. The smallest absolute Gasteiger partial charge is 0.293 e. The van der Waals surface area contributed by atoms with E-state index in [1.54, 1.807) is 30.3 Å². The third-order valence-corrected chi connectivity index (χ3v) is 7.03. The molecule has 3 aromatic carbocycles. The highest BCUT2D eigenvalue weighted by Gasteiger charge is 2.35. The molecule has 5 nitrogen and oxygen atoms in total. The Bertz CT molecular complexity index is 1260. The first-order valence-corrected chi connectivity index (χ1v) is 12.4. The van der Waals surface area contributed by atoms with Crippen molar-refractivity contribution in [3.63, 3.8) is 0 Å². The van der Waals surface area contributed by atoms with E-state index in [2.05, 4.69) is 22.6 Å². The van der Waals surface area contributed by atoms with Gasteiger partial charge in [-0.2, -0.15) is 0 Å². The van der Waals surface area contributed by atoms with Crippen molar-refractivity contribution in [1.29, 1.82) is 0 Å². The molecule has 9 heteroatoms. The summed E-state index contributed by atoms with van der Waals surface area (Å²) in [5.74, 6) is -0.00352. The minimum atomic E-state index is -0.455. The van der Waals surface area contributed by atoms with Gasteiger partial charge >= 0.3 is 0 Å². The second-order valence-corrected chi connectivity index (χ2v) is 9.94. The number of rotatable bonds is 7. The maximum absolute atomic E-state index is 14.0. The molecular formula is C25H18ClFINO4S. The second-order valence-electron chi connectivity index (χ2n) is 7.29. The lowest BCUT2D eigenvalue weighted by Gasteiger charge is -2.13. The summed E-state index contributed by atoms with van der Waals surface area (Å²) in [4.78, 5) is 26.8. The monoisotopic (exact) mass is 609 g/mol. The van der Waals surface area contributed by atoms with Crippen LogP contribution in [0.2, 0.25) is 5.02 Å².